The van der Waals surface area contributed by atoms with E-state index in [1.807, 2.05) is 6.29 Å². The fraction of sp³-hybridized carbons (Fsp3) is 0.818. The van der Waals surface area contributed by atoms with Gasteiger partial charge >= 0.3 is 5.97 Å². The molecule has 1 radical (unpaired) electrons. The Labute approximate surface area is 90.4 Å². The second kappa shape index (κ2) is 6.56. The second-order valence-corrected chi connectivity index (χ2v) is 3.82. The first-order valence-electron chi connectivity index (χ1n) is 5.57. The number of unbranched alkanes of at least 4 members (excludes halogenated alkanes) is 2. The van der Waals surface area contributed by atoms with Crippen molar-refractivity contribution < 1.29 is 14.3 Å². The number of carbonyl (C=O) groups excluding carboxylic acids is 2. The molecule has 0 amide bonds. The third kappa shape index (κ3) is 3.63. The maximum atomic E-state index is 11.5. The van der Waals surface area contributed by atoms with Crippen LogP contribution in [0.15, 0.2) is 0 Å². The molecule has 1 fully saturated rings. The molecule has 0 spiro atoms. The maximum Gasteiger partial charge on any atom is 0.311 e. The lowest BCUT2D eigenvalue weighted by atomic mass is 10.0. The van der Waals surface area contributed by atoms with E-state index in [-0.39, 0.29) is 11.9 Å². The summed E-state index contributed by atoms with van der Waals surface area (Å²) in [5.41, 5.74) is 0. The summed E-state index contributed by atoms with van der Waals surface area (Å²) >= 11 is 0. The molecule has 0 bridgehead atoms. The molecule has 1 saturated heterocycles. The summed E-state index contributed by atoms with van der Waals surface area (Å²) in [5.74, 6) is -0.589. The summed E-state index contributed by atoms with van der Waals surface area (Å²) in [4.78, 5) is 22.0. The average molecular weight is 212 g/mol. The first kappa shape index (κ1) is 12.2. The van der Waals surface area contributed by atoms with Crippen molar-refractivity contribution in [3.63, 3.8) is 0 Å². The minimum absolute atomic E-state index is 0.260. The normalized spacial score (nSPS) is 25.1. The second-order valence-electron chi connectivity index (χ2n) is 3.82. The highest BCUT2D eigenvalue weighted by Crippen LogP contribution is 2.16. The Morgan fingerprint density at radius 1 is 1.53 bits per heavy atom. The summed E-state index contributed by atoms with van der Waals surface area (Å²) in [7, 11) is 0. The first-order chi connectivity index (χ1) is 7.29. The summed E-state index contributed by atoms with van der Waals surface area (Å²) in [5, 5.41) is 2.91. The number of hydrogen-bond acceptors (Lipinski definition) is 4. The summed E-state index contributed by atoms with van der Waals surface area (Å²) in [6.07, 6.45) is 5.58. The number of rotatable bonds is 6. The third-order valence-corrected chi connectivity index (χ3v) is 2.64. The lowest BCUT2D eigenvalue weighted by molar-refractivity contribution is -0.148. The lowest BCUT2D eigenvalue weighted by Crippen LogP contribution is -2.33. The van der Waals surface area contributed by atoms with Crippen molar-refractivity contribution in [1.82, 2.24) is 5.32 Å². The van der Waals surface area contributed by atoms with Crippen LogP contribution in [0, 0.1) is 5.92 Å². The summed E-state index contributed by atoms with van der Waals surface area (Å²) in [6.45, 7) is 3.25. The van der Waals surface area contributed by atoms with Gasteiger partial charge in [0.05, 0.1) is 18.6 Å². The Balaban J connectivity index is 2.24. The van der Waals surface area contributed by atoms with E-state index < -0.39 is 6.04 Å². The highest BCUT2D eigenvalue weighted by Gasteiger charge is 2.34. The molecule has 1 aliphatic heterocycles. The average Bonchev–Trinajstić information content (AvgIpc) is 2.72. The van der Waals surface area contributed by atoms with E-state index in [1.165, 1.54) is 0 Å². The number of nitrogens with one attached hydrogen (secondary N) is 1. The first-order valence-corrected chi connectivity index (χ1v) is 5.57. The van der Waals surface area contributed by atoms with E-state index in [9.17, 15) is 9.59 Å². The largest absolute Gasteiger partial charge is 0.465 e. The van der Waals surface area contributed by atoms with E-state index in [0.717, 1.165) is 19.3 Å². The number of ether oxygens (including phenoxy) is 1. The van der Waals surface area contributed by atoms with Crippen LogP contribution in [0.1, 0.15) is 32.6 Å². The summed E-state index contributed by atoms with van der Waals surface area (Å²) < 4.78 is 5.10. The maximum absolute atomic E-state index is 11.5. The van der Waals surface area contributed by atoms with Crippen molar-refractivity contribution in [2.24, 2.45) is 5.92 Å². The topological polar surface area (TPSA) is 55.4 Å². The molecule has 4 nitrogen and oxygen atoms in total. The molecule has 1 aliphatic rings. The molecule has 85 valence electrons. The van der Waals surface area contributed by atoms with Gasteiger partial charge in [0.2, 0.25) is 6.29 Å². The lowest BCUT2D eigenvalue weighted by Gasteiger charge is -2.12. The van der Waals surface area contributed by atoms with Crippen molar-refractivity contribution in [3.8, 4) is 0 Å². The number of hydrogen-bond donors (Lipinski definition) is 1. The predicted octanol–water partition coefficient (Wildman–Crippen LogP) is 0.808. The van der Waals surface area contributed by atoms with E-state index in [1.54, 1.807) is 0 Å². The molecular weight excluding hydrogens is 194 g/mol. The van der Waals surface area contributed by atoms with Gasteiger partial charge in [0.15, 0.2) is 0 Å². The quantitative estimate of drug-likeness (QED) is 0.523. The van der Waals surface area contributed by atoms with Gasteiger partial charge in [0.1, 0.15) is 0 Å². The van der Waals surface area contributed by atoms with Crippen LogP contribution in [-0.4, -0.2) is 31.4 Å². The summed E-state index contributed by atoms with van der Waals surface area (Å²) in [6, 6.07) is -0.469. The van der Waals surface area contributed by atoms with E-state index in [0.29, 0.717) is 19.6 Å². The standard InChI is InChI=1S/C11H18NO3/c1-2-3-4-7-15-11(14)9-5-6-12-10(9)8-13/h9-10,12H,2-7H2,1H3. The Bertz CT molecular complexity index is 218. The van der Waals surface area contributed by atoms with E-state index in [2.05, 4.69) is 12.2 Å². The molecule has 15 heavy (non-hydrogen) atoms. The molecule has 1 heterocycles. The van der Waals surface area contributed by atoms with Gasteiger partial charge in [-0.2, -0.15) is 0 Å². The van der Waals surface area contributed by atoms with Crippen molar-refractivity contribution in [2.45, 2.75) is 38.6 Å². The van der Waals surface area contributed by atoms with Gasteiger partial charge in [-0.15, -0.1) is 0 Å². The zero-order chi connectivity index (χ0) is 11.1. The molecule has 0 aromatic heterocycles. The highest BCUT2D eigenvalue weighted by atomic mass is 16.5. The Morgan fingerprint density at radius 3 is 3.00 bits per heavy atom. The van der Waals surface area contributed by atoms with Crippen LogP contribution >= 0.6 is 0 Å². The SMILES string of the molecule is CCCCCOC(=O)C1CCNC1[C]=O. The Morgan fingerprint density at radius 2 is 2.33 bits per heavy atom. The van der Waals surface area contributed by atoms with Crippen molar-refractivity contribution in [3.05, 3.63) is 0 Å². The van der Waals surface area contributed by atoms with Crippen LogP contribution in [0.3, 0.4) is 0 Å². The van der Waals surface area contributed by atoms with Crippen molar-refractivity contribution >= 4 is 12.3 Å². The molecule has 4 heteroatoms. The molecule has 0 aromatic carbocycles. The predicted molar refractivity (Wildman–Crippen MR) is 56.1 cm³/mol. The van der Waals surface area contributed by atoms with Crippen LogP contribution in [0.4, 0.5) is 0 Å². The molecule has 0 aromatic rings. The Kier molecular flexibility index (Phi) is 5.32. The van der Waals surface area contributed by atoms with E-state index in [4.69, 9.17) is 4.74 Å². The molecule has 2 atom stereocenters. The fourth-order valence-corrected chi connectivity index (χ4v) is 1.71. The zero-order valence-corrected chi connectivity index (χ0v) is 9.12. The molecule has 0 saturated carbocycles. The van der Waals surface area contributed by atoms with Crippen molar-refractivity contribution in [1.29, 1.82) is 0 Å². The van der Waals surface area contributed by atoms with Crippen LogP contribution in [0.5, 0.6) is 0 Å². The number of carbonyl (C=O) groups is 1. The van der Waals surface area contributed by atoms with Gasteiger partial charge in [-0.25, -0.2) is 0 Å². The molecule has 1 rings (SSSR count). The van der Waals surface area contributed by atoms with Gasteiger partial charge in [0, 0.05) is 0 Å². The molecular formula is C11H18NO3. The molecule has 1 N–H and O–H groups in total. The zero-order valence-electron chi connectivity index (χ0n) is 9.12. The van der Waals surface area contributed by atoms with Gasteiger partial charge in [-0.3, -0.25) is 9.59 Å². The molecule has 2 unspecified atom stereocenters. The minimum atomic E-state index is -0.469. The van der Waals surface area contributed by atoms with Gasteiger partial charge in [-0.1, -0.05) is 19.8 Å². The highest BCUT2D eigenvalue weighted by molar-refractivity contribution is 5.79. The van der Waals surface area contributed by atoms with Crippen LogP contribution < -0.4 is 5.32 Å². The van der Waals surface area contributed by atoms with Crippen LogP contribution in [-0.2, 0) is 14.3 Å². The smallest absolute Gasteiger partial charge is 0.311 e. The van der Waals surface area contributed by atoms with Gasteiger partial charge in [-0.05, 0) is 19.4 Å². The van der Waals surface area contributed by atoms with Crippen LogP contribution in [0.25, 0.3) is 0 Å². The van der Waals surface area contributed by atoms with Gasteiger partial charge < -0.3 is 10.1 Å². The minimum Gasteiger partial charge on any atom is -0.465 e. The number of esters is 1. The van der Waals surface area contributed by atoms with Crippen LogP contribution in [0.2, 0.25) is 0 Å². The molecule has 0 aliphatic carbocycles. The van der Waals surface area contributed by atoms with Gasteiger partial charge in [0.25, 0.3) is 0 Å². The van der Waals surface area contributed by atoms with E-state index >= 15 is 0 Å². The fourth-order valence-electron chi connectivity index (χ4n) is 1.71. The third-order valence-electron chi connectivity index (χ3n) is 2.64. The van der Waals surface area contributed by atoms with Crippen molar-refractivity contribution in [2.75, 3.05) is 13.2 Å². The Hall–Kier alpha value is -0.900. The monoisotopic (exact) mass is 212 g/mol.